The lowest BCUT2D eigenvalue weighted by Crippen LogP contribution is -2.45. The Morgan fingerprint density at radius 3 is 2.52 bits per heavy atom. The largest absolute Gasteiger partial charge is 0.454 e. The Balaban J connectivity index is 1.75. The van der Waals surface area contributed by atoms with Gasteiger partial charge in [0.05, 0.1) is 0 Å². The second-order valence-electron chi connectivity index (χ2n) is 6.13. The van der Waals surface area contributed by atoms with Gasteiger partial charge in [-0.2, -0.15) is 0 Å². The van der Waals surface area contributed by atoms with Crippen molar-refractivity contribution < 1.29 is 14.3 Å². The summed E-state index contributed by atoms with van der Waals surface area (Å²) in [4.78, 5) is 25.3. The summed E-state index contributed by atoms with van der Waals surface area (Å²) in [5.74, 6) is 0.0602. The van der Waals surface area contributed by atoms with Crippen molar-refractivity contribution in [3.05, 3.63) is 35.9 Å². The molecule has 2 rings (SSSR count). The Hall–Kier alpha value is -1.88. The summed E-state index contributed by atoms with van der Waals surface area (Å²) >= 11 is 0. The molecule has 0 spiro atoms. The fourth-order valence-electron chi connectivity index (χ4n) is 2.97. The van der Waals surface area contributed by atoms with Crippen LogP contribution < -0.4 is 5.32 Å². The summed E-state index contributed by atoms with van der Waals surface area (Å²) in [6.07, 6.45) is 3.27. The van der Waals surface area contributed by atoms with Crippen molar-refractivity contribution in [3.63, 3.8) is 0 Å². The lowest BCUT2D eigenvalue weighted by molar-refractivity contribution is -0.153. The molecule has 1 aliphatic rings. The van der Waals surface area contributed by atoms with E-state index in [9.17, 15) is 9.59 Å². The van der Waals surface area contributed by atoms with Gasteiger partial charge in [-0.1, -0.05) is 30.3 Å². The van der Waals surface area contributed by atoms with Crippen LogP contribution in [0.2, 0.25) is 0 Å². The molecule has 5 heteroatoms. The van der Waals surface area contributed by atoms with Gasteiger partial charge in [-0.05, 0) is 50.8 Å². The summed E-state index contributed by atoms with van der Waals surface area (Å²) in [7, 11) is 1.52. The van der Waals surface area contributed by atoms with Crippen LogP contribution in [0.4, 0.5) is 0 Å². The van der Waals surface area contributed by atoms with Crippen LogP contribution in [-0.4, -0.2) is 49.6 Å². The summed E-state index contributed by atoms with van der Waals surface area (Å²) < 4.78 is 5.04. The zero-order valence-electron chi connectivity index (χ0n) is 14.0. The monoisotopic (exact) mass is 318 g/mol. The summed E-state index contributed by atoms with van der Waals surface area (Å²) in [5.41, 5.74) is 1.38. The zero-order chi connectivity index (χ0) is 16.7. The quantitative estimate of drug-likeness (QED) is 0.810. The topological polar surface area (TPSA) is 58.6 Å². The smallest absolute Gasteiger partial charge is 0.323 e. The Morgan fingerprint density at radius 2 is 1.91 bits per heavy atom. The van der Waals surface area contributed by atoms with Crippen LogP contribution in [0.25, 0.3) is 0 Å². The van der Waals surface area contributed by atoms with E-state index < -0.39 is 0 Å². The number of hydrogen-bond donors (Lipinski definition) is 1. The van der Waals surface area contributed by atoms with Crippen molar-refractivity contribution in [2.45, 2.75) is 32.2 Å². The molecule has 23 heavy (non-hydrogen) atoms. The number of nitrogens with zero attached hydrogens (tertiary/aromatic N) is 1. The number of likely N-dealkylation sites (tertiary alicyclic amines) is 1. The SMILES string of the molecule is CNC(=O)COC(=O)[C@@H](C)N1CCC(Cc2ccccc2)CC1. The van der Waals surface area contributed by atoms with E-state index in [1.807, 2.05) is 13.0 Å². The number of rotatable bonds is 6. The molecule has 0 unspecified atom stereocenters. The van der Waals surface area contributed by atoms with Crippen molar-refractivity contribution in [1.82, 2.24) is 10.2 Å². The number of piperidine rings is 1. The summed E-state index contributed by atoms with van der Waals surface area (Å²) in [5, 5.41) is 2.44. The van der Waals surface area contributed by atoms with Crippen LogP contribution in [0.15, 0.2) is 30.3 Å². The summed E-state index contributed by atoms with van der Waals surface area (Å²) in [6.45, 7) is 3.44. The van der Waals surface area contributed by atoms with Gasteiger partial charge in [0.15, 0.2) is 6.61 Å². The highest BCUT2D eigenvalue weighted by molar-refractivity contribution is 5.82. The molecular weight excluding hydrogens is 292 g/mol. The predicted molar refractivity (Wildman–Crippen MR) is 88.9 cm³/mol. The van der Waals surface area contributed by atoms with Crippen molar-refractivity contribution in [1.29, 1.82) is 0 Å². The highest BCUT2D eigenvalue weighted by Crippen LogP contribution is 2.23. The number of esters is 1. The molecule has 126 valence electrons. The van der Waals surface area contributed by atoms with Crippen molar-refractivity contribution >= 4 is 11.9 Å². The van der Waals surface area contributed by atoms with E-state index in [1.165, 1.54) is 12.6 Å². The molecule has 1 amide bonds. The number of benzene rings is 1. The van der Waals surface area contributed by atoms with Crippen LogP contribution in [0.1, 0.15) is 25.3 Å². The number of carbonyl (C=O) groups excluding carboxylic acids is 2. The van der Waals surface area contributed by atoms with E-state index in [4.69, 9.17) is 4.74 Å². The molecule has 1 atom stereocenters. The maximum absolute atomic E-state index is 12.0. The first-order valence-electron chi connectivity index (χ1n) is 8.25. The van der Waals surface area contributed by atoms with Gasteiger partial charge in [0, 0.05) is 7.05 Å². The van der Waals surface area contributed by atoms with Gasteiger partial charge in [0.1, 0.15) is 6.04 Å². The van der Waals surface area contributed by atoms with Crippen LogP contribution in [0.3, 0.4) is 0 Å². The molecule has 0 bridgehead atoms. The number of amides is 1. The molecule has 0 aromatic heterocycles. The molecule has 1 N–H and O–H groups in total. The van der Waals surface area contributed by atoms with E-state index in [1.54, 1.807) is 0 Å². The fraction of sp³-hybridized carbons (Fsp3) is 0.556. The molecule has 1 fully saturated rings. The van der Waals surface area contributed by atoms with Crippen LogP contribution in [0.5, 0.6) is 0 Å². The van der Waals surface area contributed by atoms with E-state index in [-0.39, 0.29) is 24.5 Å². The maximum atomic E-state index is 12.0. The molecule has 0 radical (unpaired) electrons. The van der Waals surface area contributed by atoms with E-state index >= 15 is 0 Å². The van der Waals surface area contributed by atoms with Gasteiger partial charge < -0.3 is 10.1 Å². The minimum Gasteiger partial charge on any atom is -0.454 e. The van der Waals surface area contributed by atoms with Gasteiger partial charge in [0.25, 0.3) is 5.91 Å². The van der Waals surface area contributed by atoms with Gasteiger partial charge in [-0.15, -0.1) is 0 Å². The second kappa shape index (κ2) is 8.67. The normalized spacial score (nSPS) is 17.5. The third kappa shape index (κ3) is 5.36. The van der Waals surface area contributed by atoms with Gasteiger partial charge >= 0.3 is 5.97 Å². The van der Waals surface area contributed by atoms with Gasteiger partial charge in [-0.3, -0.25) is 14.5 Å². The third-order valence-electron chi connectivity index (χ3n) is 4.53. The summed E-state index contributed by atoms with van der Waals surface area (Å²) in [6, 6.07) is 10.2. The minimum absolute atomic E-state index is 0.204. The molecule has 5 nitrogen and oxygen atoms in total. The maximum Gasteiger partial charge on any atom is 0.323 e. The average Bonchev–Trinajstić information content (AvgIpc) is 2.60. The number of likely N-dealkylation sites (N-methyl/N-ethyl adjacent to an activating group) is 1. The first-order valence-corrected chi connectivity index (χ1v) is 8.25. The molecule has 1 aliphatic heterocycles. The molecular formula is C18H26N2O3. The Kier molecular flexibility index (Phi) is 6.59. The Bertz CT molecular complexity index is 510. The van der Waals surface area contributed by atoms with Gasteiger partial charge in [-0.25, -0.2) is 0 Å². The minimum atomic E-state index is -0.324. The molecule has 1 aromatic carbocycles. The average molecular weight is 318 g/mol. The van der Waals surface area contributed by atoms with Crippen molar-refractivity contribution in [2.24, 2.45) is 5.92 Å². The number of ether oxygens (including phenoxy) is 1. The Morgan fingerprint density at radius 1 is 1.26 bits per heavy atom. The van der Waals surface area contributed by atoms with E-state index in [2.05, 4.69) is 34.5 Å². The molecule has 1 heterocycles. The molecule has 1 saturated heterocycles. The highest BCUT2D eigenvalue weighted by Gasteiger charge is 2.27. The van der Waals surface area contributed by atoms with Crippen LogP contribution in [0, 0.1) is 5.92 Å². The second-order valence-corrected chi connectivity index (χ2v) is 6.13. The van der Waals surface area contributed by atoms with E-state index in [0.29, 0.717) is 5.92 Å². The van der Waals surface area contributed by atoms with Crippen molar-refractivity contribution in [2.75, 3.05) is 26.7 Å². The molecule has 0 saturated carbocycles. The van der Waals surface area contributed by atoms with Gasteiger partial charge in [0.2, 0.25) is 0 Å². The van der Waals surface area contributed by atoms with Crippen LogP contribution >= 0.6 is 0 Å². The lowest BCUT2D eigenvalue weighted by Gasteiger charge is -2.35. The molecule has 0 aliphatic carbocycles. The first kappa shape index (κ1) is 17.5. The third-order valence-corrected chi connectivity index (χ3v) is 4.53. The lowest BCUT2D eigenvalue weighted by atomic mass is 9.89. The Labute approximate surface area is 138 Å². The first-order chi connectivity index (χ1) is 11.1. The number of nitrogens with one attached hydrogen (secondary N) is 1. The number of carbonyl (C=O) groups is 2. The van der Waals surface area contributed by atoms with Crippen molar-refractivity contribution in [3.8, 4) is 0 Å². The highest BCUT2D eigenvalue weighted by atomic mass is 16.5. The number of hydrogen-bond acceptors (Lipinski definition) is 4. The van der Waals surface area contributed by atoms with Crippen LogP contribution in [-0.2, 0) is 20.7 Å². The zero-order valence-corrected chi connectivity index (χ0v) is 14.0. The molecule has 1 aromatic rings. The predicted octanol–water partition coefficient (Wildman–Crippen LogP) is 1.62. The fourth-order valence-corrected chi connectivity index (χ4v) is 2.97. The standard InChI is InChI=1S/C18H26N2O3/c1-14(18(22)23-13-17(21)19-2)20-10-8-16(9-11-20)12-15-6-4-3-5-7-15/h3-7,14,16H,8-13H2,1-2H3,(H,19,21)/t14-/m1/s1. The van der Waals surface area contributed by atoms with E-state index in [0.717, 1.165) is 32.4 Å².